The van der Waals surface area contributed by atoms with Crippen LogP contribution in [0.15, 0.2) is 23.8 Å². The third kappa shape index (κ3) is 5.01. The van der Waals surface area contributed by atoms with Crippen LogP contribution in [0.2, 0.25) is 0 Å². The van der Waals surface area contributed by atoms with Gasteiger partial charge in [0.15, 0.2) is 23.5 Å². The molecule has 160 valence electrons. The van der Waals surface area contributed by atoms with Crippen LogP contribution in [-0.2, 0) is 20.7 Å². The number of hydrogen-bond acceptors (Lipinski definition) is 4. The first-order valence-electron chi connectivity index (χ1n) is 10.2. The Morgan fingerprint density at radius 1 is 1.21 bits per heavy atom. The molecular formula is C22H27F3O4. The average Bonchev–Trinajstić information content (AvgIpc) is 2.72. The van der Waals surface area contributed by atoms with Gasteiger partial charge in [-0.1, -0.05) is 32.4 Å². The summed E-state index contributed by atoms with van der Waals surface area (Å²) in [6.07, 6.45) is 4.08. The van der Waals surface area contributed by atoms with Crippen molar-refractivity contribution in [1.29, 1.82) is 0 Å². The van der Waals surface area contributed by atoms with Gasteiger partial charge >= 0.3 is 5.97 Å². The second-order valence-corrected chi connectivity index (χ2v) is 7.73. The van der Waals surface area contributed by atoms with E-state index in [-0.39, 0.29) is 18.8 Å². The van der Waals surface area contributed by atoms with Gasteiger partial charge in [-0.15, -0.1) is 0 Å². The molecular weight excluding hydrogens is 385 g/mol. The average molecular weight is 412 g/mol. The van der Waals surface area contributed by atoms with Crippen LogP contribution >= 0.6 is 0 Å². The number of alkyl halides is 1. The van der Waals surface area contributed by atoms with E-state index < -0.39 is 41.2 Å². The van der Waals surface area contributed by atoms with Crippen molar-refractivity contribution in [3.8, 4) is 5.75 Å². The van der Waals surface area contributed by atoms with Gasteiger partial charge in [-0.05, 0) is 49.3 Å². The third-order valence-electron chi connectivity index (χ3n) is 5.49. The minimum atomic E-state index is -1.44. The normalized spacial score (nSPS) is 27.4. The lowest BCUT2D eigenvalue weighted by molar-refractivity contribution is -0.219. The number of hydrogen-bond donors (Lipinski definition) is 0. The minimum absolute atomic E-state index is 0.00703. The summed E-state index contributed by atoms with van der Waals surface area (Å²) in [6.45, 7) is 3.61. The van der Waals surface area contributed by atoms with E-state index in [2.05, 4.69) is 0 Å². The van der Waals surface area contributed by atoms with Crippen molar-refractivity contribution in [3.05, 3.63) is 41.0 Å². The Kier molecular flexibility index (Phi) is 7.01. The minimum Gasteiger partial charge on any atom is -0.423 e. The van der Waals surface area contributed by atoms with Crippen molar-refractivity contribution in [1.82, 2.24) is 0 Å². The molecule has 1 aromatic rings. The monoisotopic (exact) mass is 412 g/mol. The SMILES string of the molecule is CCCC1(F)COC(C2=CCC(C(=O)Oc3ccc(CC)c(F)c3F)CC2)OC1. The van der Waals surface area contributed by atoms with Crippen LogP contribution in [0.4, 0.5) is 13.2 Å². The van der Waals surface area contributed by atoms with E-state index >= 15 is 0 Å². The molecule has 1 saturated heterocycles. The maximum absolute atomic E-state index is 14.4. The van der Waals surface area contributed by atoms with Crippen LogP contribution < -0.4 is 4.74 Å². The molecule has 0 aromatic heterocycles. The van der Waals surface area contributed by atoms with E-state index in [9.17, 15) is 18.0 Å². The standard InChI is InChI=1S/C22H27F3O4/c1-3-11-22(25)12-27-21(28-13-22)16-7-5-15(6-8-16)20(26)29-17-10-9-14(4-2)18(23)19(17)24/h7,9-10,15,21H,3-6,8,11-13H2,1-2H3. The first-order valence-corrected chi connectivity index (χ1v) is 10.2. The molecule has 0 bridgehead atoms. The Balaban J connectivity index is 1.56. The molecule has 1 atom stereocenters. The van der Waals surface area contributed by atoms with Crippen LogP contribution in [0.5, 0.6) is 5.75 Å². The number of rotatable bonds is 6. The number of carbonyl (C=O) groups is 1. The summed E-state index contributed by atoms with van der Waals surface area (Å²) in [7, 11) is 0. The molecule has 0 radical (unpaired) electrons. The zero-order chi connectivity index (χ0) is 21.0. The van der Waals surface area contributed by atoms with Gasteiger partial charge in [0.25, 0.3) is 0 Å². The lowest BCUT2D eigenvalue weighted by atomic mass is 9.89. The molecule has 1 aromatic carbocycles. The Bertz CT molecular complexity index is 770. The Morgan fingerprint density at radius 2 is 1.93 bits per heavy atom. The number of benzene rings is 1. The molecule has 0 N–H and O–H groups in total. The number of allylic oxidation sites excluding steroid dienone is 1. The molecule has 0 amide bonds. The van der Waals surface area contributed by atoms with E-state index in [1.807, 2.05) is 13.0 Å². The van der Waals surface area contributed by atoms with E-state index in [4.69, 9.17) is 14.2 Å². The summed E-state index contributed by atoms with van der Waals surface area (Å²) < 4.78 is 58.6. The molecule has 4 nitrogen and oxygen atoms in total. The number of aryl methyl sites for hydroxylation is 1. The van der Waals surface area contributed by atoms with Crippen molar-refractivity contribution in [3.63, 3.8) is 0 Å². The molecule has 1 aliphatic heterocycles. The van der Waals surface area contributed by atoms with Crippen LogP contribution in [-0.4, -0.2) is 31.1 Å². The highest BCUT2D eigenvalue weighted by Gasteiger charge is 2.38. The fourth-order valence-electron chi connectivity index (χ4n) is 3.74. The van der Waals surface area contributed by atoms with Gasteiger partial charge in [0.1, 0.15) is 0 Å². The van der Waals surface area contributed by atoms with Gasteiger partial charge in [-0.25, -0.2) is 8.78 Å². The molecule has 3 rings (SSSR count). The maximum Gasteiger partial charge on any atom is 0.314 e. The lowest BCUT2D eigenvalue weighted by Crippen LogP contribution is -2.44. The van der Waals surface area contributed by atoms with E-state index in [1.165, 1.54) is 12.1 Å². The summed E-state index contributed by atoms with van der Waals surface area (Å²) >= 11 is 0. The van der Waals surface area contributed by atoms with Gasteiger partial charge < -0.3 is 14.2 Å². The topological polar surface area (TPSA) is 44.8 Å². The fraction of sp³-hybridized carbons (Fsp3) is 0.591. The highest BCUT2D eigenvalue weighted by Crippen LogP contribution is 2.33. The van der Waals surface area contributed by atoms with Crippen molar-refractivity contribution in [2.45, 2.75) is 64.3 Å². The second kappa shape index (κ2) is 9.30. The molecule has 0 saturated carbocycles. The summed E-state index contributed by atoms with van der Waals surface area (Å²) in [6, 6.07) is 2.70. The number of ether oxygens (including phenoxy) is 3. The van der Waals surface area contributed by atoms with Gasteiger partial charge in [0.05, 0.1) is 19.1 Å². The second-order valence-electron chi connectivity index (χ2n) is 7.73. The number of esters is 1. The van der Waals surface area contributed by atoms with Crippen LogP contribution in [0, 0.1) is 17.6 Å². The fourth-order valence-corrected chi connectivity index (χ4v) is 3.74. The van der Waals surface area contributed by atoms with Crippen molar-refractivity contribution in [2.75, 3.05) is 13.2 Å². The molecule has 1 heterocycles. The molecule has 2 aliphatic rings. The summed E-state index contributed by atoms with van der Waals surface area (Å²) in [5, 5.41) is 0. The molecule has 1 aliphatic carbocycles. The highest BCUT2D eigenvalue weighted by atomic mass is 19.2. The Hall–Kier alpha value is -1.86. The number of halogens is 3. The number of carbonyl (C=O) groups excluding carboxylic acids is 1. The summed E-state index contributed by atoms with van der Waals surface area (Å²) in [5.74, 6) is -3.58. The van der Waals surface area contributed by atoms with Crippen molar-refractivity contribution in [2.24, 2.45) is 5.92 Å². The van der Waals surface area contributed by atoms with Crippen LogP contribution in [0.1, 0.15) is 51.5 Å². The molecule has 29 heavy (non-hydrogen) atoms. The smallest absolute Gasteiger partial charge is 0.314 e. The van der Waals surface area contributed by atoms with Gasteiger partial charge in [0, 0.05) is 0 Å². The quantitative estimate of drug-likeness (QED) is 0.373. The predicted molar refractivity (Wildman–Crippen MR) is 101 cm³/mol. The largest absolute Gasteiger partial charge is 0.423 e. The van der Waals surface area contributed by atoms with Crippen LogP contribution in [0.3, 0.4) is 0 Å². The zero-order valence-electron chi connectivity index (χ0n) is 16.8. The predicted octanol–water partition coefficient (Wildman–Crippen LogP) is 5.04. The maximum atomic E-state index is 14.4. The zero-order valence-corrected chi connectivity index (χ0v) is 16.8. The molecule has 0 spiro atoms. The van der Waals surface area contributed by atoms with Crippen LogP contribution in [0.25, 0.3) is 0 Å². The Labute approximate surface area is 169 Å². The van der Waals surface area contributed by atoms with Gasteiger partial charge in [-0.3, -0.25) is 4.79 Å². The van der Waals surface area contributed by atoms with Gasteiger partial charge in [-0.2, -0.15) is 4.39 Å². The third-order valence-corrected chi connectivity index (χ3v) is 5.49. The first kappa shape index (κ1) is 21.8. The van der Waals surface area contributed by atoms with Crippen molar-refractivity contribution >= 4 is 5.97 Å². The lowest BCUT2D eigenvalue weighted by Gasteiger charge is -2.36. The summed E-state index contributed by atoms with van der Waals surface area (Å²) in [5.41, 5.74) is -0.340. The van der Waals surface area contributed by atoms with E-state index in [0.29, 0.717) is 38.5 Å². The van der Waals surface area contributed by atoms with E-state index in [1.54, 1.807) is 6.92 Å². The van der Waals surface area contributed by atoms with Gasteiger partial charge in [0.2, 0.25) is 5.82 Å². The molecule has 1 unspecified atom stereocenters. The van der Waals surface area contributed by atoms with E-state index in [0.717, 1.165) is 5.57 Å². The Morgan fingerprint density at radius 3 is 2.52 bits per heavy atom. The van der Waals surface area contributed by atoms with Crippen molar-refractivity contribution < 1.29 is 32.2 Å². The first-order chi connectivity index (χ1) is 13.9. The highest BCUT2D eigenvalue weighted by molar-refractivity contribution is 5.75. The summed E-state index contributed by atoms with van der Waals surface area (Å²) in [4.78, 5) is 12.4. The molecule has 7 heteroatoms. The molecule has 1 fully saturated rings.